The molecule has 2 aromatic rings. The molecule has 0 saturated carbocycles. The lowest BCUT2D eigenvalue weighted by Crippen LogP contribution is -2.26. The summed E-state index contributed by atoms with van der Waals surface area (Å²) in [5.41, 5.74) is 0.507. The van der Waals surface area contributed by atoms with Crippen molar-refractivity contribution in [1.82, 2.24) is 4.31 Å². The van der Waals surface area contributed by atoms with E-state index in [1.165, 1.54) is 50.6 Å². The van der Waals surface area contributed by atoms with E-state index in [0.29, 0.717) is 5.56 Å². The van der Waals surface area contributed by atoms with Crippen molar-refractivity contribution < 1.29 is 26.7 Å². The van der Waals surface area contributed by atoms with Gasteiger partial charge in [-0.15, -0.1) is 0 Å². The summed E-state index contributed by atoms with van der Waals surface area (Å²) in [6.07, 6.45) is 0. The third kappa shape index (κ3) is 4.76. The van der Waals surface area contributed by atoms with Gasteiger partial charge in [-0.1, -0.05) is 29.3 Å². The second-order valence-electron chi connectivity index (χ2n) is 5.20. The number of rotatable bonds is 7. The van der Waals surface area contributed by atoms with Gasteiger partial charge >= 0.3 is 6.61 Å². The number of nitrogens with zero attached hydrogens (tertiary/aromatic N) is 1. The average molecular weight is 426 g/mol. The second-order valence-corrected chi connectivity index (χ2v) is 8.06. The van der Waals surface area contributed by atoms with E-state index in [4.69, 9.17) is 27.9 Å². The molecular formula is C16H15Cl2F2NO4S. The lowest BCUT2D eigenvalue weighted by atomic mass is 10.2. The summed E-state index contributed by atoms with van der Waals surface area (Å²) >= 11 is 11.8. The number of alkyl halides is 2. The maximum Gasteiger partial charge on any atom is 0.387 e. The van der Waals surface area contributed by atoms with E-state index >= 15 is 0 Å². The van der Waals surface area contributed by atoms with Crippen LogP contribution in [0.2, 0.25) is 10.0 Å². The van der Waals surface area contributed by atoms with Gasteiger partial charge in [0.05, 0.1) is 12.1 Å². The Morgan fingerprint density at radius 3 is 2.42 bits per heavy atom. The molecule has 10 heteroatoms. The van der Waals surface area contributed by atoms with Crippen molar-refractivity contribution in [3.63, 3.8) is 0 Å². The highest BCUT2D eigenvalue weighted by Gasteiger charge is 2.24. The van der Waals surface area contributed by atoms with Crippen LogP contribution in [0.15, 0.2) is 41.3 Å². The molecule has 0 saturated heterocycles. The minimum Gasteiger partial charge on any atom is -0.493 e. The van der Waals surface area contributed by atoms with Gasteiger partial charge < -0.3 is 9.47 Å². The lowest BCUT2D eigenvalue weighted by Gasteiger charge is -2.19. The number of ether oxygens (including phenoxy) is 2. The monoisotopic (exact) mass is 425 g/mol. The molecule has 2 rings (SSSR count). The second kappa shape index (κ2) is 8.39. The molecule has 2 aromatic carbocycles. The highest BCUT2D eigenvalue weighted by Crippen LogP contribution is 2.31. The molecule has 0 N–H and O–H groups in total. The summed E-state index contributed by atoms with van der Waals surface area (Å²) in [5.74, 6) is -0.0796. The van der Waals surface area contributed by atoms with Crippen LogP contribution in [0, 0.1) is 0 Å². The summed E-state index contributed by atoms with van der Waals surface area (Å²) in [7, 11) is -1.26. The first-order valence-corrected chi connectivity index (χ1v) is 9.38. The highest BCUT2D eigenvalue weighted by atomic mass is 35.5. The van der Waals surface area contributed by atoms with Crippen molar-refractivity contribution in [3.05, 3.63) is 52.0 Å². The fourth-order valence-electron chi connectivity index (χ4n) is 2.19. The zero-order valence-corrected chi connectivity index (χ0v) is 16.1. The van der Waals surface area contributed by atoms with Crippen LogP contribution in [-0.4, -0.2) is 33.5 Å². The van der Waals surface area contributed by atoms with Gasteiger partial charge in [-0.2, -0.15) is 13.1 Å². The number of hydrogen-bond donors (Lipinski definition) is 0. The average Bonchev–Trinajstić information content (AvgIpc) is 2.57. The largest absolute Gasteiger partial charge is 0.493 e. The Labute approximate surface area is 160 Å². The van der Waals surface area contributed by atoms with E-state index in [1.54, 1.807) is 0 Å². The van der Waals surface area contributed by atoms with E-state index in [0.717, 1.165) is 4.31 Å². The van der Waals surface area contributed by atoms with Gasteiger partial charge in [0.25, 0.3) is 0 Å². The Morgan fingerprint density at radius 2 is 1.81 bits per heavy atom. The normalized spacial score (nSPS) is 11.8. The molecule has 26 heavy (non-hydrogen) atoms. The van der Waals surface area contributed by atoms with Crippen molar-refractivity contribution in [1.29, 1.82) is 0 Å². The molecule has 0 aliphatic carbocycles. The molecule has 0 bridgehead atoms. The molecule has 0 unspecified atom stereocenters. The van der Waals surface area contributed by atoms with E-state index in [-0.39, 0.29) is 33.0 Å². The maximum atomic E-state index is 12.7. The Kier molecular flexibility index (Phi) is 6.68. The molecule has 0 fully saturated rings. The van der Waals surface area contributed by atoms with Crippen molar-refractivity contribution >= 4 is 33.2 Å². The number of benzene rings is 2. The maximum absolute atomic E-state index is 12.7. The Hall–Kier alpha value is -1.61. The van der Waals surface area contributed by atoms with Gasteiger partial charge in [0.1, 0.15) is 4.90 Å². The van der Waals surface area contributed by atoms with Crippen LogP contribution in [0.4, 0.5) is 8.78 Å². The molecule has 0 heterocycles. The molecule has 0 aliphatic rings. The van der Waals surface area contributed by atoms with Gasteiger partial charge in [0.2, 0.25) is 10.0 Å². The molecule has 0 atom stereocenters. The van der Waals surface area contributed by atoms with Gasteiger partial charge in [0.15, 0.2) is 11.5 Å². The van der Waals surface area contributed by atoms with Crippen molar-refractivity contribution in [2.24, 2.45) is 0 Å². The van der Waals surface area contributed by atoms with Crippen LogP contribution < -0.4 is 9.47 Å². The number of halogens is 4. The van der Waals surface area contributed by atoms with E-state index in [9.17, 15) is 17.2 Å². The molecule has 0 radical (unpaired) electrons. The first kappa shape index (κ1) is 20.7. The summed E-state index contributed by atoms with van der Waals surface area (Å²) in [5, 5.41) is 0.274. The third-order valence-corrected chi connectivity index (χ3v) is 5.95. The van der Waals surface area contributed by atoms with Crippen molar-refractivity contribution in [3.8, 4) is 11.5 Å². The molecule has 5 nitrogen and oxygen atoms in total. The standard InChI is InChI=1S/C16H15Cl2F2NO4S/c1-21(26(22,23)15-8-11(17)4-5-12(15)18)9-10-3-6-13(25-16(19)20)14(7-10)24-2/h3-8,16H,9H2,1-2H3. The quantitative estimate of drug-likeness (QED) is 0.658. The zero-order valence-electron chi connectivity index (χ0n) is 13.7. The SMILES string of the molecule is COc1cc(CN(C)S(=O)(=O)c2cc(Cl)ccc2Cl)ccc1OC(F)F. The predicted molar refractivity (Wildman–Crippen MR) is 94.7 cm³/mol. The summed E-state index contributed by atoms with van der Waals surface area (Å²) in [6, 6.07) is 8.30. The number of methoxy groups -OCH3 is 1. The Bertz CT molecular complexity index is 894. The minimum atomic E-state index is -3.91. The van der Waals surface area contributed by atoms with Crippen LogP contribution in [0.5, 0.6) is 11.5 Å². The van der Waals surface area contributed by atoms with E-state index < -0.39 is 16.6 Å². The number of hydrogen-bond acceptors (Lipinski definition) is 4. The Balaban J connectivity index is 2.28. The molecule has 142 valence electrons. The minimum absolute atomic E-state index is 0.0412. The first-order valence-electron chi connectivity index (χ1n) is 7.18. The Morgan fingerprint density at radius 1 is 1.12 bits per heavy atom. The van der Waals surface area contributed by atoms with Crippen LogP contribution in [0.1, 0.15) is 5.56 Å². The topological polar surface area (TPSA) is 55.8 Å². The van der Waals surface area contributed by atoms with Gasteiger partial charge in [0, 0.05) is 18.6 Å². The van der Waals surface area contributed by atoms with E-state index in [1.807, 2.05) is 0 Å². The molecule has 0 aromatic heterocycles. The highest BCUT2D eigenvalue weighted by molar-refractivity contribution is 7.89. The molecule has 0 amide bonds. The summed E-state index contributed by atoms with van der Waals surface area (Å²) in [4.78, 5) is -0.126. The predicted octanol–water partition coefficient (Wildman–Crippen LogP) is 4.42. The molecule has 0 spiro atoms. The van der Waals surface area contributed by atoms with Gasteiger partial charge in [-0.25, -0.2) is 8.42 Å². The third-order valence-electron chi connectivity index (χ3n) is 3.43. The van der Waals surface area contributed by atoms with Gasteiger partial charge in [-0.3, -0.25) is 0 Å². The van der Waals surface area contributed by atoms with Crippen LogP contribution in [0.25, 0.3) is 0 Å². The first-order chi connectivity index (χ1) is 12.1. The van der Waals surface area contributed by atoms with E-state index in [2.05, 4.69) is 4.74 Å². The zero-order chi connectivity index (χ0) is 19.5. The molecular weight excluding hydrogens is 411 g/mol. The fraction of sp³-hybridized carbons (Fsp3) is 0.250. The van der Waals surface area contributed by atoms with Crippen LogP contribution in [0.3, 0.4) is 0 Å². The summed E-state index contributed by atoms with van der Waals surface area (Å²) < 4.78 is 60.6. The van der Waals surface area contributed by atoms with Crippen LogP contribution >= 0.6 is 23.2 Å². The molecule has 0 aliphatic heterocycles. The number of sulfonamides is 1. The van der Waals surface area contributed by atoms with Crippen molar-refractivity contribution in [2.45, 2.75) is 18.1 Å². The fourth-order valence-corrected chi connectivity index (χ4v) is 4.08. The van der Waals surface area contributed by atoms with Crippen LogP contribution in [-0.2, 0) is 16.6 Å². The smallest absolute Gasteiger partial charge is 0.387 e. The summed E-state index contributed by atoms with van der Waals surface area (Å²) in [6.45, 7) is -3.04. The van der Waals surface area contributed by atoms with Crippen molar-refractivity contribution in [2.75, 3.05) is 14.2 Å². The van der Waals surface area contributed by atoms with Gasteiger partial charge in [-0.05, 0) is 35.9 Å². The lowest BCUT2D eigenvalue weighted by molar-refractivity contribution is -0.0512.